The van der Waals surface area contributed by atoms with Gasteiger partial charge in [-0.3, -0.25) is 0 Å². The van der Waals surface area contributed by atoms with Crippen LogP contribution in [0.1, 0.15) is 77.6 Å². The maximum Gasteiger partial charge on any atom is -0.0236 e. The molecule has 1 saturated carbocycles. The van der Waals surface area contributed by atoms with Gasteiger partial charge in [-0.05, 0) is 30.8 Å². The molecule has 0 nitrogen and oxygen atoms in total. The number of unbranched alkanes of at least 4 members (excludes halogenated alkanes) is 4. The summed E-state index contributed by atoms with van der Waals surface area (Å²) in [6, 6.07) is 0. The molecule has 1 fully saturated rings. The molecule has 0 N–H and O–H groups in total. The molecule has 0 bridgehead atoms. The predicted octanol–water partition coefficient (Wildman–Crippen LogP) is 5.17. The van der Waals surface area contributed by atoms with Crippen molar-refractivity contribution >= 4 is 9.24 Å². The van der Waals surface area contributed by atoms with Crippen LogP contribution in [-0.4, -0.2) is 5.66 Å². The second-order valence-electron chi connectivity index (χ2n) is 5.26. The molecule has 0 aromatic rings. The highest BCUT2D eigenvalue weighted by Gasteiger charge is 2.19. The Morgan fingerprint density at radius 3 is 2.33 bits per heavy atom. The monoisotopic (exact) mass is 228 g/mol. The lowest BCUT2D eigenvalue weighted by Gasteiger charge is -2.27. The number of hydrogen-bond acceptors (Lipinski definition) is 0. The van der Waals surface area contributed by atoms with Crippen LogP contribution in [0, 0.1) is 5.92 Å². The van der Waals surface area contributed by atoms with Crippen molar-refractivity contribution in [2.75, 3.05) is 0 Å². The highest BCUT2D eigenvalue weighted by molar-refractivity contribution is 7.17. The van der Waals surface area contributed by atoms with Gasteiger partial charge in [0.15, 0.2) is 0 Å². The smallest absolute Gasteiger partial charge is 0.0236 e. The third-order valence-corrected chi connectivity index (χ3v) is 4.77. The van der Waals surface area contributed by atoms with Gasteiger partial charge in [0.1, 0.15) is 0 Å². The third-order valence-electron chi connectivity index (χ3n) is 3.90. The van der Waals surface area contributed by atoms with E-state index in [1.54, 1.807) is 0 Å². The summed E-state index contributed by atoms with van der Waals surface area (Å²) in [5.74, 6) is 1.04. The van der Waals surface area contributed by atoms with Crippen molar-refractivity contribution in [1.82, 2.24) is 0 Å². The van der Waals surface area contributed by atoms with Gasteiger partial charge in [-0.15, -0.1) is 9.24 Å². The Labute approximate surface area is 98.8 Å². The Hall–Kier alpha value is 0.430. The Morgan fingerprint density at radius 1 is 1.00 bits per heavy atom. The van der Waals surface area contributed by atoms with Gasteiger partial charge >= 0.3 is 0 Å². The van der Waals surface area contributed by atoms with Crippen molar-refractivity contribution in [2.24, 2.45) is 5.92 Å². The molecule has 0 aromatic carbocycles. The lowest BCUT2D eigenvalue weighted by atomic mass is 9.85. The average Bonchev–Trinajstić information content (AvgIpc) is 2.30. The second kappa shape index (κ2) is 8.57. The lowest BCUT2D eigenvalue weighted by molar-refractivity contribution is 0.336. The molecule has 1 aliphatic carbocycles. The SMILES string of the molecule is CCCCCCCC(P)C1CCCCC1. The van der Waals surface area contributed by atoms with Crippen molar-refractivity contribution in [3.8, 4) is 0 Å². The lowest BCUT2D eigenvalue weighted by Crippen LogP contribution is -2.17. The Kier molecular flexibility index (Phi) is 7.71. The minimum Gasteiger partial charge on any atom is -0.134 e. The quantitative estimate of drug-likeness (QED) is 0.416. The summed E-state index contributed by atoms with van der Waals surface area (Å²) in [5.41, 5.74) is 0.923. The van der Waals surface area contributed by atoms with Crippen LogP contribution in [0.4, 0.5) is 0 Å². The van der Waals surface area contributed by atoms with Crippen LogP contribution in [0.15, 0.2) is 0 Å². The predicted molar refractivity (Wildman–Crippen MR) is 73.4 cm³/mol. The highest BCUT2D eigenvalue weighted by Crippen LogP contribution is 2.32. The fraction of sp³-hybridized carbons (Fsp3) is 1.00. The van der Waals surface area contributed by atoms with Gasteiger partial charge in [0.05, 0.1) is 0 Å². The van der Waals surface area contributed by atoms with Crippen molar-refractivity contribution in [2.45, 2.75) is 83.2 Å². The largest absolute Gasteiger partial charge is 0.134 e. The standard InChI is InChI=1S/C14H29P/c1-2-3-4-5-9-12-14(15)13-10-7-6-8-11-13/h13-14H,2-12,15H2,1H3. The van der Waals surface area contributed by atoms with Crippen LogP contribution in [-0.2, 0) is 0 Å². The first-order valence-corrected chi connectivity index (χ1v) is 7.77. The molecular formula is C14H29P. The number of rotatable bonds is 7. The zero-order valence-electron chi connectivity index (χ0n) is 10.5. The van der Waals surface area contributed by atoms with Crippen LogP contribution >= 0.6 is 9.24 Å². The topological polar surface area (TPSA) is 0 Å². The van der Waals surface area contributed by atoms with Crippen molar-refractivity contribution < 1.29 is 0 Å². The molecule has 0 radical (unpaired) electrons. The molecule has 1 heteroatoms. The van der Waals surface area contributed by atoms with E-state index in [0.717, 1.165) is 11.6 Å². The summed E-state index contributed by atoms with van der Waals surface area (Å²) < 4.78 is 0. The Morgan fingerprint density at radius 2 is 1.67 bits per heavy atom. The second-order valence-corrected chi connectivity index (χ2v) is 6.12. The fourth-order valence-electron chi connectivity index (χ4n) is 2.78. The fourth-order valence-corrected chi connectivity index (χ4v) is 3.40. The molecule has 90 valence electrons. The summed E-state index contributed by atoms with van der Waals surface area (Å²) >= 11 is 0. The summed E-state index contributed by atoms with van der Waals surface area (Å²) in [7, 11) is 3.12. The van der Waals surface area contributed by atoms with Crippen molar-refractivity contribution in [3.05, 3.63) is 0 Å². The molecule has 1 aliphatic rings. The van der Waals surface area contributed by atoms with Gasteiger partial charge < -0.3 is 0 Å². The normalized spacial score (nSPS) is 20.4. The van der Waals surface area contributed by atoms with Crippen LogP contribution in [0.5, 0.6) is 0 Å². The molecule has 1 rings (SSSR count). The molecule has 2 atom stereocenters. The van der Waals surface area contributed by atoms with Crippen LogP contribution < -0.4 is 0 Å². The first-order chi connectivity index (χ1) is 7.34. The van der Waals surface area contributed by atoms with E-state index in [1.807, 2.05) is 0 Å². The maximum atomic E-state index is 3.12. The van der Waals surface area contributed by atoms with Gasteiger partial charge in [-0.2, -0.15) is 0 Å². The maximum absolute atomic E-state index is 3.12. The Balaban J connectivity index is 1.99. The van der Waals surface area contributed by atoms with Crippen molar-refractivity contribution in [1.29, 1.82) is 0 Å². The molecule has 15 heavy (non-hydrogen) atoms. The molecule has 0 saturated heterocycles. The first kappa shape index (κ1) is 13.5. The Bertz CT molecular complexity index is 138. The molecule has 0 spiro atoms. The summed E-state index contributed by atoms with van der Waals surface area (Å²) in [5, 5.41) is 0. The molecule has 0 amide bonds. The van der Waals surface area contributed by atoms with E-state index >= 15 is 0 Å². The van der Waals surface area contributed by atoms with Gasteiger partial charge in [0, 0.05) is 0 Å². The number of hydrogen-bond donors (Lipinski definition) is 0. The summed E-state index contributed by atoms with van der Waals surface area (Å²) in [6.45, 7) is 2.29. The van der Waals surface area contributed by atoms with E-state index in [-0.39, 0.29) is 0 Å². The zero-order valence-corrected chi connectivity index (χ0v) is 11.7. The van der Waals surface area contributed by atoms with Gasteiger partial charge in [0.25, 0.3) is 0 Å². The zero-order chi connectivity index (χ0) is 10.9. The summed E-state index contributed by atoms with van der Waals surface area (Å²) in [4.78, 5) is 0. The third kappa shape index (κ3) is 5.91. The molecule has 0 aliphatic heterocycles. The van der Waals surface area contributed by atoms with Crippen LogP contribution in [0.2, 0.25) is 0 Å². The van der Waals surface area contributed by atoms with Gasteiger partial charge in [-0.1, -0.05) is 58.3 Å². The van der Waals surface area contributed by atoms with E-state index in [1.165, 1.54) is 70.6 Å². The molecule has 2 unspecified atom stereocenters. The minimum atomic E-state index is 0.923. The molecule has 0 heterocycles. The van der Waals surface area contributed by atoms with Gasteiger partial charge in [0.2, 0.25) is 0 Å². The van der Waals surface area contributed by atoms with E-state index in [0.29, 0.717) is 0 Å². The summed E-state index contributed by atoms with van der Waals surface area (Å²) in [6.07, 6.45) is 16.1. The van der Waals surface area contributed by atoms with E-state index in [4.69, 9.17) is 0 Å². The minimum absolute atomic E-state index is 0.923. The highest BCUT2D eigenvalue weighted by atomic mass is 31.0. The molecule has 0 aromatic heterocycles. The van der Waals surface area contributed by atoms with E-state index < -0.39 is 0 Å². The average molecular weight is 228 g/mol. The van der Waals surface area contributed by atoms with Crippen molar-refractivity contribution in [3.63, 3.8) is 0 Å². The van der Waals surface area contributed by atoms with E-state index in [9.17, 15) is 0 Å². The first-order valence-electron chi connectivity index (χ1n) is 7.10. The van der Waals surface area contributed by atoms with Crippen LogP contribution in [0.3, 0.4) is 0 Å². The molecular weight excluding hydrogens is 199 g/mol. The van der Waals surface area contributed by atoms with Gasteiger partial charge in [-0.25, -0.2) is 0 Å². The van der Waals surface area contributed by atoms with E-state index in [2.05, 4.69) is 16.2 Å². The van der Waals surface area contributed by atoms with Crippen LogP contribution in [0.25, 0.3) is 0 Å².